The molecular formula is C15H19N2O5PS. The van der Waals surface area contributed by atoms with Crippen LogP contribution >= 0.6 is 6.64 Å². The van der Waals surface area contributed by atoms with Gasteiger partial charge < -0.3 is 18.6 Å². The molecule has 0 saturated carbocycles. The third-order valence-electron chi connectivity index (χ3n) is 3.11. The van der Waals surface area contributed by atoms with Gasteiger partial charge in [-0.15, -0.1) is 0 Å². The third kappa shape index (κ3) is 3.84. The van der Waals surface area contributed by atoms with Crippen molar-refractivity contribution in [3.63, 3.8) is 0 Å². The van der Waals surface area contributed by atoms with Crippen LogP contribution in [0.4, 0.5) is 0 Å². The van der Waals surface area contributed by atoms with Crippen molar-refractivity contribution >= 4 is 35.6 Å². The maximum Gasteiger partial charge on any atom is 0.349 e. The van der Waals surface area contributed by atoms with E-state index < -0.39 is 12.3 Å². The summed E-state index contributed by atoms with van der Waals surface area (Å²) in [7, 11) is 1.60. The van der Waals surface area contributed by atoms with Crippen LogP contribution in [0.1, 0.15) is 19.4 Å². The smallest absolute Gasteiger partial charge is 0.349 e. The van der Waals surface area contributed by atoms with E-state index in [1.165, 1.54) is 11.0 Å². The first-order valence-electron chi connectivity index (χ1n) is 7.35. The van der Waals surface area contributed by atoms with Gasteiger partial charge in [0.2, 0.25) is 0 Å². The van der Waals surface area contributed by atoms with Crippen molar-refractivity contribution in [2.24, 2.45) is 5.10 Å². The largest absolute Gasteiger partial charge is 0.506 e. The number of hydrogen-bond donors (Lipinski definition) is 1. The van der Waals surface area contributed by atoms with Gasteiger partial charge in [-0.05, 0) is 37.8 Å². The average Bonchev–Trinajstić information content (AvgIpc) is 2.55. The van der Waals surface area contributed by atoms with Crippen molar-refractivity contribution < 1.29 is 18.6 Å². The van der Waals surface area contributed by atoms with E-state index in [0.29, 0.717) is 24.2 Å². The zero-order valence-electron chi connectivity index (χ0n) is 13.6. The molecule has 0 aliphatic heterocycles. The lowest BCUT2D eigenvalue weighted by molar-refractivity contribution is 0.227. The number of benzene rings is 1. The van der Waals surface area contributed by atoms with Gasteiger partial charge in [-0.25, -0.2) is 9.57 Å². The normalized spacial score (nSPS) is 12.1. The lowest BCUT2D eigenvalue weighted by atomic mass is 10.1. The van der Waals surface area contributed by atoms with Crippen LogP contribution in [-0.2, 0) is 20.9 Å². The molecule has 130 valence electrons. The first-order chi connectivity index (χ1) is 11.4. The Balaban J connectivity index is 2.39. The SMILES string of the molecule is CCOP(=S)(OCC)N(C)/N=C/c1c(O)c2ccccc2oc1=O. The lowest BCUT2D eigenvalue weighted by Gasteiger charge is -2.27. The van der Waals surface area contributed by atoms with E-state index in [1.807, 2.05) is 0 Å². The maximum atomic E-state index is 12.1. The number of hydrazone groups is 1. The fourth-order valence-electron chi connectivity index (χ4n) is 2.00. The molecule has 2 aromatic rings. The molecule has 0 saturated heterocycles. The summed E-state index contributed by atoms with van der Waals surface area (Å²) in [6.07, 6.45) is 1.20. The Morgan fingerprint density at radius 3 is 2.58 bits per heavy atom. The van der Waals surface area contributed by atoms with E-state index in [-0.39, 0.29) is 11.3 Å². The van der Waals surface area contributed by atoms with Crippen LogP contribution < -0.4 is 5.63 Å². The van der Waals surface area contributed by atoms with Crippen LogP contribution in [0.3, 0.4) is 0 Å². The van der Waals surface area contributed by atoms with Crippen molar-refractivity contribution in [2.75, 3.05) is 20.3 Å². The molecule has 1 aromatic carbocycles. The Kier molecular flexibility index (Phi) is 6.12. The van der Waals surface area contributed by atoms with E-state index in [2.05, 4.69) is 5.10 Å². The molecule has 0 aliphatic rings. The van der Waals surface area contributed by atoms with Crippen LogP contribution in [0.5, 0.6) is 5.75 Å². The first kappa shape index (κ1) is 18.6. The second-order valence-corrected chi connectivity index (χ2v) is 8.10. The molecule has 0 radical (unpaired) electrons. The summed E-state index contributed by atoms with van der Waals surface area (Å²) in [5, 5.41) is 14.8. The summed E-state index contributed by atoms with van der Waals surface area (Å²) in [5.41, 5.74) is -0.446. The van der Waals surface area contributed by atoms with Crippen molar-refractivity contribution in [3.05, 3.63) is 40.2 Å². The second kappa shape index (κ2) is 7.90. The quantitative estimate of drug-likeness (QED) is 0.347. The summed E-state index contributed by atoms with van der Waals surface area (Å²) in [6, 6.07) is 6.71. The van der Waals surface area contributed by atoms with Crippen LogP contribution in [0.2, 0.25) is 0 Å². The fourth-order valence-corrected chi connectivity index (χ4v) is 4.00. The van der Waals surface area contributed by atoms with E-state index >= 15 is 0 Å². The average molecular weight is 370 g/mol. The summed E-state index contributed by atoms with van der Waals surface area (Å²) < 4.78 is 17.6. The molecule has 0 fully saturated rings. The molecule has 24 heavy (non-hydrogen) atoms. The Labute approximate surface area is 144 Å². The zero-order valence-corrected chi connectivity index (χ0v) is 15.3. The predicted octanol–water partition coefficient (Wildman–Crippen LogP) is 3.06. The monoisotopic (exact) mass is 370 g/mol. The molecule has 0 unspecified atom stereocenters. The summed E-state index contributed by atoms with van der Waals surface area (Å²) in [4.78, 5) is 12.1. The van der Waals surface area contributed by atoms with Gasteiger partial charge in [0.25, 0.3) is 0 Å². The van der Waals surface area contributed by atoms with Crippen molar-refractivity contribution in [2.45, 2.75) is 13.8 Å². The van der Waals surface area contributed by atoms with Crippen LogP contribution in [0.15, 0.2) is 38.6 Å². The topological polar surface area (TPSA) is 84.5 Å². The number of aromatic hydroxyl groups is 1. The predicted molar refractivity (Wildman–Crippen MR) is 97.0 cm³/mol. The van der Waals surface area contributed by atoms with E-state index in [4.69, 9.17) is 25.3 Å². The van der Waals surface area contributed by atoms with Gasteiger partial charge in [-0.2, -0.15) is 5.10 Å². The van der Waals surface area contributed by atoms with Gasteiger partial charge in [0.05, 0.1) is 24.8 Å². The minimum Gasteiger partial charge on any atom is -0.506 e. The van der Waals surface area contributed by atoms with Gasteiger partial charge in [0.15, 0.2) is 0 Å². The van der Waals surface area contributed by atoms with E-state index in [9.17, 15) is 9.90 Å². The molecule has 0 spiro atoms. The van der Waals surface area contributed by atoms with Crippen molar-refractivity contribution in [3.8, 4) is 5.75 Å². The highest BCUT2D eigenvalue weighted by Gasteiger charge is 2.23. The molecule has 0 bridgehead atoms. The number of fused-ring (bicyclic) bond motifs is 1. The zero-order chi connectivity index (χ0) is 17.7. The van der Waals surface area contributed by atoms with Crippen LogP contribution in [-0.4, -0.2) is 36.4 Å². The Bertz CT molecular complexity index is 841. The number of nitrogens with zero attached hydrogens (tertiary/aromatic N) is 2. The molecule has 0 amide bonds. The van der Waals surface area contributed by atoms with Crippen LogP contribution in [0, 0.1) is 0 Å². The summed E-state index contributed by atoms with van der Waals surface area (Å²) in [6.45, 7) is 1.59. The number of para-hydroxylation sites is 1. The van der Waals surface area contributed by atoms with Crippen molar-refractivity contribution in [1.82, 2.24) is 4.78 Å². The Hall–Kier alpha value is -1.73. The molecular weight excluding hydrogens is 351 g/mol. The van der Waals surface area contributed by atoms with Gasteiger partial charge in [-0.1, -0.05) is 12.1 Å². The minimum absolute atomic E-state index is 0.0601. The van der Waals surface area contributed by atoms with Gasteiger partial charge in [-0.3, -0.25) is 0 Å². The third-order valence-corrected chi connectivity index (χ3v) is 6.44. The van der Waals surface area contributed by atoms with Crippen molar-refractivity contribution in [1.29, 1.82) is 0 Å². The molecule has 1 aromatic heterocycles. The maximum absolute atomic E-state index is 12.1. The standard InChI is InChI=1S/C15H19N2O5PS/c1-4-20-23(24,21-5-2)17(3)16-10-12-14(18)11-8-6-7-9-13(11)22-15(12)19/h6-10,18H,4-5H2,1-3H3/b16-10+. The summed E-state index contributed by atoms with van der Waals surface area (Å²) >= 11 is 5.40. The van der Waals surface area contributed by atoms with Gasteiger partial charge in [0, 0.05) is 7.05 Å². The molecule has 7 nitrogen and oxygen atoms in total. The van der Waals surface area contributed by atoms with E-state index in [0.717, 1.165) is 0 Å². The molecule has 1 N–H and O–H groups in total. The fraction of sp³-hybridized carbons (Fsp3) is 0.333. The van der Waals surface area contributed by atoms with Crippen LogP contribution in [0.25, 0.3) is 11.0 Å². The molecule has 1 heterocycles. The Morgan fingerprint density at radius 2 is 1.96 bits per heavy atom. The van der Waals surface area contributed by atoms with E-state index in [1.54, 1.807) is 45.2 Å². The minimum atomic E-state index is -2.77. The molecule has 2 rings (SSSR count). The highest BCUT2D eigenvalue weighted by molar-refractivity contribution is 8.08. The molecule has 9 heteroatoms. The first-order valence-corrected chi connectivity index (χ1v) is 9.94. The lowest BCUT2D eigenvalue weighted by Crippen LogP contribution is -2.15. The number of rotatable bonds is 7. The number of hydrogen-bond acceptors (Lipinski definition) is 7. The second-order valence-electron chi connectivity index (χ2n) is 4.69. The van der Waals surface area contributed by atoms with Gasteiger partial charge in [0.1, 0.15) is 16.9 Å². The molecule has 0 atom stereocenters. The van der Waals surface area contributed by atoms with Gasteiger partial charge >= 0.3 is 12.3 Å². The Morgan fingerprint density at radius 1 is 1.33 bits per heavy atom. The highest BCUT2D eigenvalue weighted by atomic mass is 32.5. The summed E-state index contributed by atoms with van der Waals surface area (Å²) in [5.74, 6) is -0.194. The highest BCUT2D eigenvalue weighted by Crippen LogP contribution is 2.51. The molecule has 0 aliphatic carbocycles.